The number of hydrogen-bond donors (Lipinski definition) is 2. The third-order valence-electron chi connectivity index (χ3n) is 3.14. The molecule has 1 heterocycles. The van der Waals surface area contributed by atoms with E-state index in [1.807, 2.05) is 13.8 Å². The predicted molar refractivity (Wildman–Crippen MR) is 63.7 cm³/mol. The molecule has 0 saturated heterocycles. The van der Waals surface area contributed by atoms with Crippen LogP contribution in [0.15, 0.2) is 10.6 Å². The number of nitrogens with zero attached hydrogens (tertiary/aromatic N) is 1. The number of amides is 1. The molecule has 2 unspecified atom stereocenters. The van der Waals surface area contributed by atoms with Crippen LogP contribution >= 0.6 is 0 Å². The van der Waals surface area contributed by atoms with Gasteiger partial charge in [-0.15, -0.1) is 0 Å². The van der Waals surface area contributed by atoms with Crippen LogP contribution in [-0.4, -0.2) is 27.8 Å². The maximum Gasteiger partial charge on any atom is 0.273 e. The average molecular weight is 240 g/mol. The van der Waals surface area contributed by atoms with Gasteiger partial charge in [-0.1, -0.05) is 19.0 Å². The van der Waals surface area contributed by atoms with Gasteiger partial charge < -0.3 is 14.9 Å². The van der Waals surface area contributed by atoms with Gasteiger partial charge in [0.1, 0.15) is 5.76 Å². The van der Waals surface area contributed by atoms with Crippen molar-refractivity contribution in [3.05, 3.63) is 17.5 Å². The lowest BCUT2D eigenvalue weighted by molar-refractivity contribution is 0.0210. The van der Waals surface area contributed by atoms with Crippen LogP contribution in [0.4, 0.5) is 0 Å². The lowest BCUT2D eigenvalue weighted by atomic mass is 9.95. The third kappa shape index (κ3) is 3.30. The summed E-state index contributed by atoms with van der Waals surface area (Å²) < 4.78 is 4.96. The van der Waals surface area contributed by atoms with Crippen molar-refractivity contribution in [3.63, 3.8) is 0 Å². The van der Waals surface area contributed by atoms with E-state index in [1.165, 1.54) is 0 Å². The fourth-order valence-corrected chi connectivity index (χ4v) is 1.32. The quantitative estimate of drug-likeness (QED) is 0.818. The van der Waals surface area contributed by atoms with Gasteiger partial charge in [0.15, 0.2) is 5.69 Å². The molecular weight excluding hydrogens is 220 g/mol. The molecule has 0 radical (unpaired) electrons. The van der Waals surface area contributed by atoms with E-state index in [2.05, 4.69) is 10.5 Å². The number of hydrogen-bond acceptors (Lipinski definition) is 4. The predicted octanol–water partition coefficient (Wildman–Crippen LogP) is 1.52. The topological polar surface area (TPSA) is 75.4 Å². The molecule has 0 aliphatic rings. The van der Waals surface area contributed by atoms with Crippen molar-refractivity contribution in [3.8, 4) is 0 Å². The van der Waals surface area contributed by atoms with Crippen LogP contribution in [0.1, 0.15) is 50.4 Å². The van der Waals surface area contributed by atoms with Crippen LogP contribution in [0.2, 0.25) is 0 Å². The molecule has 5 heteroatoms. The minimum Gasteiger partial charge on any atom is -0.388 e. The summed E-state index contributed by atoms with van der Waals surface area (Å²) in [4.78, 5) is 11.8. The maximum absolute atomic E-state index is 11.8. The first-order valence-corrected chi connectivity index (χ1v) is 5.89. The fraction of sp³-hybridized carbons (Fsp3) is 0.667. The Morgan fingerprint density at radius 2 is 2.29 bits per heavy atom. The zero-order valence-corrected chi connectivity index (χ0v) is 10.8. The largest absolute Gasteiger partial charge is 0.388 e. The summed E-state index contributed by atoms with van der Waals surface area (Å²) in [6, 6.07) is 1.27. The Kier molecular flexibility index (Phi) is 4.28. The van der Waals surface area contributed by atoms with E-state index < -0.39 is 5.60 Å². The van der Waals surface area contributed by atoms with E-state index in [1.54, 1.807) is 19.9 Å². The second-order valence-electron chi connectivity index (χ2n) is 4.44. The van der Waals surface area contributed by atoms with E-state index >= 15 is 0 Å². The Hall–Kier alpha value is -1.36. The van der Waals surface area contributed by atoms with Crippen molar-refractivity contribution in [1.29, 1.82) is 0 Å². The Balaban J connectivity index is 2.66. The molecular formula is C12H20N2O3. The summed E-state index contributed by atoms with van der Waals surface area (Å²) >= 11 is 0. The molecule has 1 rings (SSSR count). The number of rotatable bonds is 5. The van der Waals surface area contributed by atoms with Gasteiger partial charge >= 0.3 is 0 Å². The number of aryl methyl sites for hydroxylation is 1. The molecule has 1 aromatic heterocycles. The van der Waals surface area contributed by atoms with Gasteiger partial charge in [0.25, 0.3) is 5.91 Å². The molecule has 0 aliphatic carbocycles. The van der Waals surface area contributed by atoms with Crippen LogP contribution in [-0.2, 0) is 6.42 Å². The summed E-state index contributed by atoms with van der Waals surface area (Å²) in [5.41, 5.74) is -0.673. The number of aromatic nitrogens is 1. The highest BCUT2D eigenvalue weighted by Gasteiger charge is 2.28. The molecule has 1 aromatic rings. The summed E-state index contributed by atoms with van der Waals surface area (Å²) in [5, 5.41) is 16.4. The second-order valence-corrected chi connectivity index (χ2v) is 4.44. The Morgan fingerprint density at radius 3 is 2.76 bits per heavy atom. The third-order valence-corrected chi connectivity index (χ3v) is 3.14. The molecule has 2 atom stereocenters. The molecule has 5 nitrogen and oxygen atoms in total. The molecule has 0 aliphatic heterocycles. The summed E-state index contributed by atoms with van der Waals surface area (Å²) in [7, 11) is 0. The first kappa shape index (κ1) is 13.7. The zero-order valence-electron chi connectivity index (χ0n) is 10.8. The SMILES string of the molecule is CCc1cc(C(=O)NC(C)C(C)(O)CC)no1. The highest BCUT2D eigenvalue weighted by atomic mass is 16.5. The monoisotopic (exact) mass is 240 g/mol. The maximum atomic E-state index is 11.8. The minimum absolute atomic E-state index is 0.251. The summed E-state index contributed by atoms with van der Waals surface area (Å²) in [6.45, 7) is 7.25. The normalized spacial score (nSPS) is 16.3. The van der Waals surface area contributed by atoms with Crippen molar-refractivity contribution in [2.75, 3.05) is 0 Å². The van der Waals surface area contributed by atoms with Gasteiger partial charge in [-0.05, 0) is 20.3 Å². The molecule has 2 N–H and O–H groups in total. The van der Waals surface area contributed by atoms with E-state index in [4.69, 9.17) is 4.52 Å². The average Bonchev–Trinajstić information content (AvgIpc) is 2.77. The van der Waals surface area contributed by atoms with Crippen molar-refractivity contribution >= 4 is 5.91 Å². The van der Waals surface area contributed by atoms with E-state index in [0.29, 0.717) is 18.6 Å². The van der Waals surface area contributed by atoms with Crippen LogP contribution < -0.4 is 5.32 Å². The number of nitrogens with one attached hydrogen (secondary N) is 1. The number of aliphatic hydroxyl groups is 1. The van der Waals surface area contributed by atoms with E-state index in [-0.39, 0.29) is 17.6 Å². The summed E-state index contributed by atoms with van der Waals surface area (Å²) in [6.07, 6.45) is 1.26. The van der Waals surface area contributed by atoms with Gasteiger partial charge in [-0.2, -0.15) is 0 Å². The van der Waals surface area contributed by atoms with Gasteiger partial charge in [-0.3, -0.25) is 4.79 Å². The first-order valence-electron chi connectivity index (χ1n) is 5.89. The van der Waals surface area contributed by atoms with Crippen LogP contribution in [0, 0.1) is 0 Å². The molecule has 0 spiro atoms. The molecule has 96 valence electrons. The fourth-order valence-electron chi connectivity index (χ4n) is 1.32. The lowest BCUT2D eigenvalue weighted by Gasteiger charge is -2.29. The number of carbonyl (C=O) groups excluding carboxylic acids is 1. The second kappa shape index (κ2) is 5.31. The first-order chi connectivity index (χ1) is 7.90. The molecule has 17 heavy (non-hydrogen) atoms. The highest BCUT2D eigenvalue weighted by Crippen LogP contribution is 2.14. The zero-order chi connectivity index (χ0) is 13.1. The van der Waals surface area contributed by atoms with Crippen LogP contribution in [0.5, 0.6) is 0 Å². The van der Waals surface area contributed by atoms with Crippen molar-refractivity contribution in [2.24, 2.45) is 0 Å². The van der Waals surface area contributed by atoms with Gasteiger partial charge in [0.05, 0.1) is 11.6 Å². The van der Waals surface area contributed by atoms with Gasteiger partial charge in [-0.25, -0.2) is 0 Å². The number of carbonyl (C=O) groups is 1. The summed E-state index contributed by atoms with van der Waals surface area (Å²) in [5.74, 6) is 0.347. The van der Waals surface area contributed by atoms with Crippen molar-refractivity contribution in [2.45, 2.75) is 52.2 Å². The Bertz CT molecular complexity index is 385. The van der Waals surface area contributed by atoms with E-state index in [0.717, 1.165) is 0 Å². The Morgan fingerprint density at radius 1 is 1.65 bits per heavy atom. The molecule has 0 aromatic carbocycles. The molecule has 0 bridgehead atoms. The molecule has 1 amide bonds. The van der Waals surface area contributed by atoms with Crippen LogP contribution in [0.3, 0.4) is 0 Å². The highest BCUT2D eigenvalue weighted by molar-refractivity contribution is 5.92. The van der Waals surface area contributed by atoms with Crippen molar-refractivity contribution < 1.29 is 14.4 Å². The van der Waals surface area contributed by atoms with E-state index in [9.17, 15) is 9.90 Å². The smallest absolute Gasteiger partial charge is 0.273 e. The van der Waals surface area contributed by atoms with Crippen molar-refractivity contribution in [1.82, 2.24) is 10.5 Å². The van der Waals surface area contributed by atoms with Gasteiger partial charge in [0, 0.05) is 12.5 Å². The van der Waals surface area contributed by atoms with Crippen LogP contribution in [0.25, 0.3) is 0 Å². The van der Waals surface area contributed by atoms with Gasteiger partial charge in [0.2, 0.25) is 0 Å². The molecule has 0 fully saturated rings. The Labute approximate surface area is 101 Å². The molecule has 0 saturated carbocycles. The standard InChI is InChI=1S/C12H20N2O3/c1-5-9-7-10(14-17-9)11(15)13-8(3)12(4,16)6-2/h7-8,16H,5-6H2,1-4H3,(H,13,15). The lowest BCUT2D eigenvalue weighted by Crippen LogP contribution is -2.48. The minimum atomic E-state index is -0.924.